The Balaban J connectivity index is 1.67. The van der Waals surface area contributed by atoms with Gasteiger partial charge in [-0.3, -0.25) is 18.8 Å². The largest absolute Gasteiger partial charge is 0.335 e. The van der Waals surface area contributed by atoms with Gasteiger partial charge in [-0.2, -0.15) is 11.8 Å². The Morgan fingerprint density at radius 1 is 1.21 bits per heavy atom. The number of aromatic amines is 1. The van der Waals surface area contributed by atoms with Crippen molar-refractivity contribution in [1.29, 1.82) is 0 Å². The Bertz CT molecular complexity index is 881. The zero-order chi connectivity index (χ0) is 16.8. The van der Waals surface area contributed by atoms with Crippen molar-refractivity contribution < 1.29 is 0 Å². The number of aryl methyl sites for hydroxylation is 1. The molecule has 0 amide bonds. The van der Waals surface area contributed by atoms with Crippen LogP contribution >= 0.6 is 11.8 Å². The topological polar surface area (TPSA) is 75.9 Å². The van der Waals surface area contributed by atoms with E-state index >= 15 is 0 Å². The van der Waals surface area contributed by atoms with Gasteiger partial charge in [0, 0.05) is 37.7 Å². The third-order valence-corrected chi connectivity index (χ3v) is 6.74. The number of hydrogen-bond acceptors (Lipinski definition) is 5. The normalized spacial score (nSPS) is 25.1. The van der Waals surface area contributed by atoms with E-state index in [0.717, 1.165) is 27.9 Å². The summed E-state index contributed by atoms with van der Waals surface area (Å²) in [5.41, 5.74) is 0.217. The Hall–Kier alpha value is -1.54. The molecule has 0 unspecified atom stereocenters. The SMILES string of the molecule is Cn1c(=O)c2[nH]c(CN3CCS[C@H]4CCCC[C@@H]43)nc2n(C)c1=O. The molecule has 1 N–H and O–H groups in total. The highest BCUT2D eigenvalue weighted by atomic mass is 32.2. The van der Waals surface area contributed by atoms with Crippen LogP contribution in [0.2, 0.25) is 0 Å². The van der Waals surface area contributed by atoms with E-state index in [9.17, 15) is 9.59 Å². The maximum atomic E-state index is 12.3. The van der Waals surface area contributed by atoms with Gasteiger partial charge in [-0.25, -0.2) is 9.78 Å². The molecule has 1 saturated carbocycles. The lowest BCUT2D eigenvalue weighted by Gasteiger charge is -2.43. The van der Waals surface area contributed by atoms with Crippen LogP contribution in [0.3, 0.4) is 0 Å². The molecule has 1 saturated heterocycles. The van der Waals surface area contributed by atoms with Gasteiger partial charge in [0.05, 0.1) is 6.54 Å². The van der Waals surface area contributed by atoms with Crippen LogP contribution in [0.4, 0.5) is 0 Å². The summed E-state index contributed by atoms with van der Waals surface area (Å²) in [6.45, 7) is 1.77. The number of thioether (sulfide) groups is 1. The van der Waals surface area contributed by atoms with E-state index in [0.29, 0.717) is 23.8 Å². The van der Waals surface area contributed by atoms with E-state index in [4.69, 9.17) is 0 Å². The zero-order valence-electron chi connectivity index (χ0n) is 14.1. The van der Waals surface area contributed by atoms with Crippen LogP contribution in [-0.2, 0) is 20.6 Å². The molecule has 7 nitrogen and oxygen atoms in total. The predicted octanol–water partition coefficient (Wildman–Crippen LogP) is 0.820. The maximum Gasteiger partial charge on any atom is 0.332 e. The van der Waals surface area contributed by atoms with Gasteiger partial charge in [-0.1, -0.05) is 12.8 Å². The predicted molar refractivity (Wildman–Crippen MR) is 95.5 cm³/mol. The Morgan fingerprint density at radius 2 is 2.00 bits per heavy atom. The summed E-state index contributed by atoms with van der Waals surface area (Å²) in [4.78, 5) is 34.6. The van der Waals surface area contributed by atoms with E-state index < -0.39 is 0 Å². The Kier molecular flexibility index (Phi) is 4.04. The molecule has 2 aliphatic rings. The monoisotopic (exact) mass is 349 g/mol. The zero-order valence-corrected chi connectivity index (χ0v) is 14.9. The van der Waals surface area contributed by atoms with Crippen molar-refractivity contribution in [3.63, 3.8) is 0 Å². The van der Waals surface area contributed by atoms with Crippen LogP contribution in [0, 0.1) is 0 Å². The van der Waals surface area contributed by atoms with Gasteiger partial charge in [0.2, 0.25) is 0 Å². The Labute approximate surface area is 144 Å². The molecule has 2 fully saturated rings. The molecule has 4 rings (SSSR count). The van der Waals surface area contributed by atoms with Gasteiger partial charge in [0.1, 0.15) is 11.3 Å². The number of H-pyrrole nitrogens is 1. The van der Waals surface area contributed by atoms with Gasteiger partial charge in [-0.05, 0) is 12.8 Å². The van der Waals surface area contributed by atoms with Gasteiger partial charge in [-0.15, -0.1) is 0 Å². The van der Waals surface area contributed by atoms with Crippen molar-refractivity contribution >= 4 is 22.9 Å². The van der Waals surface area contributed by atoms with Crippen molar-refractivity contribution in [2.45, 2.75) is 43.5 Å². The first-order valence-corrected chi connectivity index (χ1v) is 9.61. The van der Waals surface area contributed by atoms with Crippen molar-refractivity contribution in [3.8, 4) is 0 Å². The van der Waals surface area contributed by atoms with E-state index in [1.807, 2.05) is 0 Å². The lowest BCUT2D eigenvalue weighted by molar-refractivity contribution is 0.152. The number of imidazole rings is 1. The summed E-state index contributed by atoms with van der Waals surface area (Å²) in [6, 6.07) is 0.609. The average molecular weight is 349 g/mol. The van der Waals surface area contributed by atoms with Crippen LogP contribution in [0.1, 0.15) is 31.5 Å². The molecule has 130 valence electrons. The number of rotatable bonds is 2. The summed E-state index contributed by atoms with van der Waals surface area (Å²) in [6.07, 6.45) is 5.19. The summed E-state index contributed by atoms with van der Waals surface area (Å²) >= 11 is 2.10. The molecular weight excluding hydrogens is 326 g/mol. The Morgan fingerprint density at radius 3 is 2.83 bits per heavy atom. The first-order chi connectivity index (χ1) is 11.6. The van der Waals surface area contributed by atoms with Crippen LogP contribution in [0.25, 0.3) is 11.2 Å². The molecule has 1 aliphatic heterocycles. The first-order valence-electron chi connectivity index (χ1n) is 8.56. The minimum absolute atomic E-state index is 0.309. The summed E-state index contributed by atoms with van der Waals surface area (Å²) in [7, 11) is 3.16. The fourth-order valence-corrected chi connectivity index (χ4v) is 5.52. The van der Waals surface area contributed by atoms with E-state index in [2.05, 4.69) is 26.6 Å². The second kappa shape index (κ2) is 6.07. The summed E-state index contributed by atoms with van der Waals surface area (Å²) in [5, 5.41) is 0.731. The second-order valence-electron chi connectivity index (χ2n) is 6.82. The summed E-state index contributed by atoms with van der Waals surface area (Å²) in [5.74, 6) is 1.93. The first kappa shape index (κ1) is 16.0. The number of nitrogens with one attached hydrogen (secondary N) is 1. The molecule has 2 aromatic heterocycles. The van der Waals surface area contributed by atoms with Gasteiger partial charge in [0.25, 0.3) is 5.56 Å². The third-order valence-electron chi connectivity index (χ3n) is 5.34. The van der Waals surface area contributed by atoms with Gasteiger partial charge in [0.15, 0.2) is 5.65 Å². The van der Waals surface area contributed by atoms with Crippen molar-refractivity contribution in [1.82, 2.24) is 24.0 Å². The van der Waals surface area contributed by atoms with E-state index in [1.54, 1.807) is 7.05 Å². The van der Waals surface area contributed by atoms with Crippen LogP contribution < -0.4 is 11.2 Å². The molecule has 24 heavy (non-hydrogen) atoms. The number of aromatic nitrogens is 4. The molecule has 2 atom stereocenters. The maximum absolute atomic E-state index is 12.3. The number of fused-ring (bicyclic) bond motifs is 2. The highest BCUT2D eigenvalue weighted by Gasteiger charge is 2.34. The minimum atomic E-state index is -0.340. The average Bonchev–Trinajstić information content (AvgIpc) is 3.02. The fourth-order valence-electron chi connectivity index (χ4n) is 4.01. The van der Waals surface area contributed by atoms with Crippen molar-refractivity contribution in [2.24, 2.45) is 14.1 Å². The highest BCUT2D eigenvalue weighted by molar-refractivity contribution is 8.00. The number of hydrogen-bond donors (Lipinski definition) is 1. The van der Waals surface area contributed by atoms with Crippen molar-refractivity contribution in [3.05, 3.63) is 26.7 Å². The van der Waals surface area contributed by atoms with Crippen LogP contribution in [0.5, 0.6) is 0 Å². The highest BCUT2D eigenvalue weighted by Crippen LogP contribution is 2.36. The molecule has 0 bridgehead atoms. The van der Waals surface area contributed by atoms with Crippen LogP contribution in [-0.4, -0.2) is 47.6 Å². The van der Waals surface area contributed by atoms with Gasteiger partial charge < -0.3 is 4.98 Å². The lowest BCUT2D eigenvalue weighted by Crippen LogP contribution is -2.48. The number of nitrogens with zero attached hydrogens (tertiary/aromatic N) is 4. The third kappa shape index (κ3) is 2.52. The van der Waals surface area contributed by atoms with Crippen LogP contribution in [0.15, 0.2) is 9.59 Å². The van der Waals surface area contributed by atoms with Gasteiger partial charge >= 0.3 is 5.69 Å². The minimum Gasteiger partial charge on any atom is -0.335 e. The lowest BCUT2D eigenvalue weighted by atomic mass is 9.93. The molecule has 2 aromatic rings. The van der Waals surface area contributed by atoms with E-state index in [-0.39, 0.29) is 11.2 Å². The second-order valence-corrected chi connectivity index (χ2v) is 8.17. The molecular formula is C16H23N5O2S. The fraction of sp³-hybridized carbons (Fsp3) is 0.688. The standard InChI is InChI=1S/C16H23N5O2S/c1-19-14-13(15(22)20(2)16(19)23)17-12(18-14)9-21-7-8-24-11-6-4-3-5-10(11)21/h10-11H,3-9H2,1-2H3,(H,17,18)/t10-,11-/m0/s1. The molecule has 8 heteroatoms. The van der Waals surface area contributed by atoms with E-state index in [1.165, 1.54) is 37.3 Å². The quantitative estimate of drug-likeness (QED) is 0.869. The molecule has 0 aromatic carbocycles. The molecule has 1 aliphatic carbocycles. The molecule has 0 spiro atoms. The molecule has 3 heterocycles. The van der Waals surface area contributed by atoms with Crippen molar-refractivity contribution in [2.75, 3.05) is 12.3 Å². The molecule has 0 radical (unpaired) electrons. The smallest absolute Gasteiger partial charge is 0.332 e. The summed E-state index contributed by atoms with van der Waals surface area (Å²) < 4.78 is 2.56.